The number of aromatic hydroxyl groups is 1. The van der Waals surface area contributed by atoms with Gasteiger partial charge in [-0.3, -0.25) is 15.0 Å². The molecule has 2 aliphatic heterocycles. The molecule has 1 atom stereocenters. The fourth-order valence-electron chi connectivity index (χ4n) is 5.47. The van der Waals surface area contributed by atoms with E-state index >= 15 is 4.39 Å². The van der Waals surface area contributed by atoms with E-state index in [1.807, 2.05) is 20.8 Å². The SMILES string of the molecule is CCOc1cc2c(c(F)c1OCC)C(=N)N(CC(=O)c1cc(CN3C(=O)CCC3C(=O)OC)c(O)c(C(C)(C)C)c1)C2.Cl. The van der Waals surface area contributed by atoms with Crippen LogP contribution in [0.5, 0.6) is 17.2 Å². The van der Waals surface area contributed by atoms with Gasteiger partial charge in [0.15, 0.2) is 23.1 Å². The fraction of sp³-hybridized carbons (Fsp3) is 0.484. The summed E-state index contributed by atoms with van der Waals surface area (Å²) in [5.74, 6) is -1.85. The van der Waals surface area contributed by atoms with Crippen molar-refractivity contribution in [3.63, 3.8) is 0 Å². The van der Waals surface area contributed by atoms with Crippen LogP contribution in [0.2, 0.25) is 0 Å². The number of benzene rings is 2. The summed E-state index contributed by atoms with van der Waals surface area (Å²) in [6.45, 7) is 9.53. The van der Waals surface area contributed by atoms with Crippen molar-refractivity contribution in [1.29, 1.82) is 5.41 Å². The Morgan fingerprint density at radius 2 is 1.81 bits per heavy atom. The fourth-order valence-corrected chi connectivity index (χ4v) is 5.47. The number of esters is 1. The quantitative estimate of drug-likeness (QED) is 0.288. The number of hydrogen-bond acceptors (Lipinski definition) is 8. The summed E-state index contributed by atoms with van der Waals surface area (Å²) in [5.41, 5.74) is 1.11. The molecule has 4 rings (SSSR count). The van der Waals surface area contributed by atoms with Crippen molar-refractivity contribution in [3.05, 3.63) is 51.8 Å². The molecule has 10 nitrogen and oxygen atoms in total. The summed E-state index contributed by atoms with van der Waals surface area (Å²) in [6, 6.07) is 3.99. The van der Waals surface area contributed by atoms with Crippen LogP contribution in [0.1, 0.15) is 80.1 Å². The standard InChI is InChI=1S/C31H38FN3O7.ClH/c1-7-41-23-13-18-14-34(29(33)25(18)26(32)28(23)42-8-2)16-22(36)17-11-19(27(38)20(12-17)31(3,4)5)15-35-21(30(39)40-6)9-10-24(35)37;/h11-13,21,33,38H,7-10,14-16H2,1-6H3;1H. The summed E-state index contributed by atoms with van der Waals surface area (Å²) >= 11 is 0. The number of amides is 1. The number of carbonyl (C=O) groups is 3. The van der Waals surface area contributed by atoms with Crippen LogP contribution < -0.4 is 9.47 Å². The van der Waals surface area contributed by atoms with E-state index in [1.54, 1.807) is 26.0 Å². The predicted molar refractivity (Wildman–Crippen MR) is 160 cm³/mol. The predicted octanol–water partition coefficient (Wildman–Crippen LogP) is 4.74. The highest BCUT2D eigenvalue weighted by molar-refractivity contribution is 6.06. The number of ketones is 1. The van der Waals surface area contributed by atoms with Crippen molar-refractivity contribution in [2.24, 2.45) is 0 Å². The maximum atomic E-state index is 15.5. The van der Waals surface area contributed by atoms with E-state index in [-0.39, 0.29) is 91.0 Å². The average Bonchev–Trinajstić information content (AvgIpc) is 3.45. The molecule has 0 aromatic heterocycles. The second kappa shape index (κ2) is 13.2. The van der Waals surface area contributed by atoms with Gasteiger partial charge in [-0.1, -0.05) is 20.8 Å². The number of Topliss-reactive ketones (excluding diaryl/α,β-unsaturated/α-hetero) is 1. The van der Waals surface area contributed by atoms with Gasteiger partial charge in [-0.25, -0.2) is 9.18 Å². The molecule has 2 aromatic rings. The molecule has 2 N–H and O–H groups in total. The molecule has 0 spiro atoms. The summed E-state index contributed by atoms with van der Waals surface area (Å²) in [5, 5.41) is 19.9. The van der Waals surface area contributed by atoms with Crippen LogP contribution in [-0.2, 0) is 32.8 Å². The van der Waals surface area contributed by atoms with Crippen LogP contribution in [0.4, 0.5) is 4.39 Å². The third kappa shape index (κ3) is 6.56. The number of hydrogen-bond donors (Lipinski definition) is 2. The topological polar surface area (TPSA) is 129 Å². The van der Waals surface area contributed by atoms with Gasteiger partial charge in [0.2, 0.25) is 5.91 Å². The zero-order valence-corrected chi connectivity index (χ0v) is 26.2. The average molecular weight is 620 g/mol. The number of nitrogens with zero attached hydrogens (tertiary/aromatic N) is 2. The molecule has 2 aliphatic rings. The number of carbonyl (C=O) groups excluding carboxylic acids is 3. The normalized spacial score (nSPS) is 16.2. The molecule has 0 radical (unpaired) electrons. The first-order valence-electron chi connectivity index (χ1n) is 14.0. The number of nitrogens with one attached hydrogen (secondary N) is 1. The lowest BCUT2D eigenvalue weighted by atomic mass is 9.83. The van der Waals surface area contributed by atoms with Crippen LogP contribution in [0.15, 0.2) is 18.2 Å². The Labute approximate surface area is 257 Å². The zero-order chi connectivity index (χ0) is 30.9. The Balaban J connectivity index is 0.00000506. The Bertz CT molecular complexity index is 1440. The first kappa shape index (κ1) is 33.6. The minimum atomic E-state index is -0.777. The van der Waals surface area contributed by atoms with Crippen LogP contribution >= 0.6 is 12.4 Å². The van der Waals surface area contributed by atoms with Crippen molar-refractivity contribution in [3.8, 4) is 17.2 Å². The van der Waals surface area contributed by atoms with Crippen LogP contribution in [0.3, 0.4) is 0 Å². The summed E-state index contributed by atoms with van der Waals surface area (Å²) < 4.78 is 31.4. The van der Waals surface area contributed by atoms with Crippen LogP contribution in [-0.4, -0.2) is 71.3 Å². The molecule has 0 bridgehead atoms. The van der Waals surface area contributed by atoms with Gasteiger partial charge in [0.05, 0.1) is 39.0 Å². The smallest absolute Gasteiger partial charge is 0.328 e. The van der Waals surface area contributed by atoms with Gasteiger partial charge in [-0.15, -0.1) is 12.4 Å². The van der Waals surface area contributed by atoms with Gasteiger partial charge < -0.3 is 29.1 Å². The largest absolute Gasteiger partial charge is 0.507 e. The van der Waals surface area contributed by atoms with Crippen molar-refractivity contribution < 1.29 is 38.1 Å². The molecule has 2 heterocycles. The minimum Gasteiger partial charge on any atom is -0.507 e. The number of phenolic OH excluding ortho intramolecular Hbond substituents is 1. The lowest BCUT2D eigenvalue weighted by Crippen LogP contribution is -2.38. The molecule has 12 heteroatoms. The Hall–Kier alpha value is -3.86. The van der Waals surface area contributed by atoms with E-state index in [1.165, 1.54) is 23.0 Å². The number of phenols is 1. The Kier molecular flexibility index (Phi) is 10.3. The molecular weight excluding hydrogens is 581 g/mol. The zero-order valence-electron chi connectivity index (χ0n) is 25.3. The third-order valence-corrected chi connectivity index (χ3v) is 7.57. The lowest BCUT2D eigenvalue weighted by Gasteiger charge is -2.27. The second-order valence-electron chi connectivity index (χ2n) is 11.4. The lowest BCUT2D eigenvalue weighted by molar-refractivity contribution is -0.149. The highest BCUT2D eigenvalue weighted by Crippen LogP contribution is 2.40. The Morgan fingerprint density at radius 3 is 2.42 bits per heavy atom. The highest BCUT2D eigenvalue weighted by atomic mass is 35.5. The molecule has 2 aromatic carbocycles. The van der Waals surface area contributed by atoms with Crippen LogP contribution in [0, 0.1) is 11.2 Å². The van der Waals surface area contributed by atoms with Crippen LogP contribution in [0.25, 0.3) is 0 Å². The van der Waals surface area contributed by atoms with Crippen molar-refractivity contribution >= 4 is 35.9 Å². The number of methoxy groups -OCH3 is 1. The maximum Gasteiger partial charge on any atom is 0.328 e. The van der Waals surface area contributed by atoms with E-state index in [0.29, 0.717) is 29.7 Å². The van der Waals surface area contributed by atoms with E-state index in [4.69, 9.17) is 19.6 Å². The molecule has 0 saturated carbocycles. The monoisotopic (exact) mass is 619 g/mol. The number of ether oxygens (including phenoxy) is 3. The number of amidine groups is 1. The van der Waals surface area contributed by atoms with Gasteiger partial charge in [0.1, 0.15) is 17.6 Å². The van der Waals surface area contributed by atoms with E-state index in [9.17, 15) is 19.5 Å². The third-order valence-electron chi connectivity index (χ3n) is 7.57. The van der Waals surface area contributed by atoms with Gasteiger partial charge >= 0.3 is 5.97 Å². The molecular formula is C31H39ClFN3O7. The van der Waals surface area contributed by atoms with Crippen molar-refractivity contribution in [1.82, 2.24) is 9.80 Å². The number of fused-ring (bicyclic) bond motifs is 1. The van der Waals surface area contributed by atoms with Gasteiger partial charge in [-0.2, -0.15) is 0 Å². The summed E-state index contributed by atoms with van der Waals surface area (Å²) in [4.78, 5) is 41.5. The second-order valence-corrected chi connectivity index (χ2v) is 11.4. The van der Waals surface area contributed by atoms with E-state index in [2.05, 4.69) is 0 Å². The Morgan fingerprint density at radius 1 is 1.14 bits per heavy atom. The van der Waals surface area contributed by atoms with E-state index in [0.717, 1.165) is 0 Å². The molecule has 1 saturated heterocycles. The maximum absolute atomic E-state index is 15.5. The first-order valence-corrected chi connectivity index (χ1v) is 14.0. The van der Waals surface area contributed by atoms with E-state index < -0.39 is 23.2 Å². The number of likely N-dealkylation sites (tertiary alicyclic amines) is 1. The van der Waals surface area contributed by atoms with Crippen molar-refractivity contribution in [2.75, 3.05) is 26.9 Å². The number of halogens is 2. The molecule has 1 amide bonds. The molecule has 1 unspecified atom stereocenters. The summed E-state index contributed by atoms with van der Waals surface area (Å²) in [6.07, 6.45) is 0.483. The molecule has 234 valence electrons. The summed E-state index contributed by atoms with van der Waals surface area (Å²) in [7, 11) is 1.26. The molecule has 1 fully saturated rings. The molecule has 43 heavy (non-hydrogen) atoms. The van der Waals surface area contributed by atoms with Gasteiger partial charge in [0, 0.05) is 29.7 Å². The first-order chi connectivity index (χ1) is 19.8. The van der Waals surface area contributed by atoms with Gasteiger partial charge in [0.25, 0.3) is 0 Å². The van der Waals surface area contributed by atoms with Crippen molar-refractivity contribution in [2.45, 2.75) is 72.0 Å². The van der Waals surface area contributed by atoms with Gasteiger partial charge in [-0.05, 0) is 49.4 Å². The molecule has 0 aliphatic carbocycles. The highest BCUT2D eigenvalue weighted by Gasteiger charge is 2.38. The number of rotatable bonds is 10. The minimum absolute atomic E-state index is 0.